The molecule has 2 rings (SSSR count). The first-order valence-corrected chi connectivity index (χ1v) is 9.31. The minimum atomic E-state index is -3.36. The molecule has 9 heteroatoms. The zero-order valence-corrected chi connectivity index (χ0v) is 15.1. The highest BCUT2D eigenvalue weighted by Gasteiger charge is 2.34. The Kier molecular flexibility index (Phi) is 5.91. The Morgan fingerprint density at radius 1 is 1.30 bits per heavy atom. The van der Waals surface area contributed by atoms with Gasteiger partial charge >= 0.3 is 0 Å². The molecule has 1 amide bonds. The summed E-state index contributed by atoms with van der Waals surface area (Å²) in [5, 5.41) is 3.45. The number of benzene rings is 1. The molecule has 2 atom stereocenters. The van der Waals surface area contributed by atoms with Crippen LogP contribution >= 0.6 is 23.2 Å². The first-order chi connectivity index (χ1) is 10.7. The quantitative estimate of drug-likeness (QED) is 0.841. The number of nitrogens with zero attached hydrogens (tertiary/aromatic N) is 1. The van der Waals surface area contributed by atoms with Crippen LogP contribution in [-0.4, -0.2) is 57.7 Å². The van der Waals surface area contributed by atoms with Gasteiger partial charge < -0.3 is 10.1 Å². The molecular weight excluding hydrogens is 363 g/mol. The number of halogens is 2. The van der Waals surface area contributed by atoms with Crippen LogP contribution in [0.4, 0.5) is 0 Å². The number of ether oxygens (including phenoxy) is 1. The van der Waals surface area contributed by atoms with E-state index in [1.807, 2.05) is 0 Å². The molecule has 6 nitrogen and oxygen atoms in total. The van der Waals surface area contributed by atoms with Crippen molar-refractivity contribution in [3.8, 4) is 0 Å². The van der Waals surface area contributed by atoms with Crippen LogP contribution in [0.2, 0.25) is 10.0 Å². The zero-order valence-electron chi connectivity index (χ0n) is 12.8. The molecule has 1 aliphatic rings. The number of hydrogen-bond acceptors (Lipinski definition) is 4. The van der Waals surface area contributed by atoms with Gasteiger partial charge in [0.25, 0.3) is 5.91 Å². The van der Waals surface area contributed by atoms with E-state index in [9.17, 15) is 13.2 Å². The summed E-state index contributed by atoms with van der Waals surface area (Å²) in [6.45, 7) is 0.570. The van der Waals surface area contributed by atoms with Gasteiger partial charge in [-0.2, -0.15) is 0 Å². The fourth-order valence-corrected chi connectivity index (χ4v) is 3.70. The molecule has 0 radical (unpaired) electrons. The third-order valence-corrected chi connectivity index (χ3v) is 6.38. The summed E-state index contributed by atoms with van der Waals surface area (Å²) in [6.07, 6.45) is 0. The van der Waals surface area contributed by atoms with E-state index in [-0.39, 0.29) is 35.2 Å². The maximum atomic E-state index is 12.3. The smallest absolute Gasteiger partial charge is 0.251 e. The molecule has 0 aromatic heterocycles. The molecule has 128 valence electrons. The topological polar surface area (TPSA) is 75.7 Å². The number of amides is 1. The van der Waals surface area contributed by atoms with Gasteiger partial charge in [-0.3, -0.25) is 4.79 Å². The molecule has 1 fully saturated rings. The highest BCUT2D eigenvalue weighted by Crippen LogP contribution is 2.23. The van der Waals surface area contributed by atoms with E-state index >= 15 is 0 Å². The van der Waals surface area contributed by atoms with Crippen molar-refractivity contribution in [3.63, 3.8) is 0 Å². The fraction of sp³-hybridized carbons (Fsp3) is 0.500. The predicted octanol–water partition coefficient (Wildman–Crippen LogP) is 1.63. The lowest BCUT2D eigenvalue weighted by Crippen LogP contribution is -2.43. The third kappa shape index (κ3) is 4.58. The first kappa shape index (κ1) is 18.5. The van der Waals surface area contributed by atoms with Crippen molar-refractivity contribution >= 4 is 39.1 Å². The molecule has 0 saturated carbocycles. The number of carbonyl (C=O) groups is 1. The van der Waals surface area contributed by atoms with E-state index in [0.29, 0.717) is 17.2 Å². The molecular formula is C14H18Cl2N2O4S. The number of hydrogen-bond donors (Lipinski definition) is 1. The van der Waals surface area contributed by atoms with Gasteiger partial charge in [0.1, 0.15) is 0 Å². The van der Waals surface area contributed by atoms with Crippen LogP contribution in [0, 0.1) is 5.92 Å². The lowest BCUT2D eigenvalue weighted by Gasteiger charge is -2.21. The van der Waals surface area contributed by atoms with Crippen LogP contribution in [0.15, 0.2) is 18.2 Å². The van der Waals surface area contributed by atoms with Crippen molar-refractivity contribution in [2.24, 2.45) is 5.92 Å². The molecule has 0 spiro atoms. The van der Waals surface area contributed by atoms with Gasteiger partial charge in [0.2, 0.25) is 10.0 Å². The summed E-state index contributed by atoms with van der Waals surface area (Å²) < 4.78 is 30.5. The average molecular weight is 381 g/mol. The van der Waals surface area contributed by atoms with Crippen molar-refractivity contribution in [2.45, 2.75) is 6.04 Å². The van der Waals surface area contributed by atoms with E-state index in [1.165, 1.54) is 30.5 Å². The normalized spacial score (nSPS) is 21.6. The second-order valence-electron chi connectivity index (χ2n) is 5.57. The van der Waals surface area contributed by atoms with Crippen LogP contribution in [0.5, 0.6) is 0 Å². The second-order valence-corrected chi connectivity index (χ2v) is 8.61. The Morgan fingerprint density at radius 2 is 2.00 bits per heavy atom. The van der Waals surface area contributed by atoms with Gasteiger partial charge in [0.15, 0.2) is 0 Å². The third-order valence-electron chi connectivity index (χ3n) is 3.68. The van der Waals surface area contributed by atoms with Crippen LogP contribution in [0.3, 0.4) is 0 Å². The van der Waals surface area contributed by atoms with Crippen LogP contribution < -0.4 is 5.32 Å². The lowest BCUT2D eigenvalue weighted by molar-refractivity contribution is 0.0926. The fourth-order valence-electron chi connectivity index (χ4n) is 2.23. The predicted molar refractivity (Wildman–Crippen MR) is 89.5 cm³/mol. The molecule has 1 aromatic carbocycles. The summed E-state index contributed by atoms with van der Waals surface area (Å²) >= 11 is 11.7. The van der Waals surface area contributed by atoms with Crippen LogP contribution in [0.25, 0.3) is 0 Å². The Labute approximate surface area is 145 Å². The summed E-state index contributed by atoms with van der Waals surface area (Å²) in [5.74, 6) is -0.716. The molecule has 1 saturated heterocycles. The first-order valence-electron chi connectivity index (χ1n) is 6.94. The Bertz CT molecular complexity index is 694. The van der Waals surface area contributed by atoms with E-state index in [4.69, 9.17) is 27.9 Å². The minimum absolute atomic E-state index is 0.0771. The van der Waals surface area contributed by atoms with E-state index in [1.54, 1.807) is 6.07 Å². The molecule has 1 aromatic rings. The van der Waals surface area contributed by atoms with Gasteiger partial charge in [-0.15, -0.1) is 0 Å². The highest BCUT2D eigenvalue weighted by atomic mass is 35.5. The number of rotatable bonds is 5. The van der Waals surface area contributed by atoms with Gasteiger partial charge in [-0.25, -0.2) is 12.7 Å². The van der Waals surface area contributed by atoms with Gasteiger partial charge in [-0.05, 0) is 18.2 Å². The summed E-state index contributed by atoms with van der Waals surface area (Å²) in [4.78, 5) is 12.3. The maximum Gasteiger partial charge on any atom is 0.251 e. The largest absolute Gasteiger partial charge is 0.379 e. The Balaban J connectivity index is 2.06. The molecule has 23 heavy (non-hydrogen) atoms. The van der Waals surface area contributed by atoms with Crippen molar-refractivity contribution in [1.29, 1.82) is 0 Å². The summed E-state index contributed by atoms with van der Waals surface area (Å²) in [7, 11) is -0.403. The molecule has 0 bridgehead atoms. The van der Waals surface area contributed by atoms with E-state index < -0.39 is 10.0 Å². The zero-order chi connectivity index (χ0) is 17.2. The van der Waals surface area contributed by atoms with Crippen molar-refractivity contribution in [1.82, 2.24) is 9.62 Å². The summed E-state index contributed by atoms with van der Waals surface area (Å²) in [5.41, 5.74) is 0.362. The number of sulfonamides is 1. The number of nitrogens with one attached hydrogen (secondary N) is 1. The number of carbonyl (C=O) groups excluding carboxylic acids is 1. The summed E-state index contributed by atoms with van der Waals surface area (Å²) in [6, 6.07) is 4.20. The van der Waals surface area contributed by atoms with E-state index in [0.717, 1.165) is 0 Å². The standard InChI is InChI=1S/C14H18Cl2N2O4S/c1-18(2)23(20,21)8-10-6-22-7-13(10)17-14(19)9-3-4-11(15)12(16)5-9/h3-5,10,13H,6-8H2,1-2H3,(H,17,19)/t10-,13+/m0/s1. The average Bonchev–Trinajstić information content (AvgIpc) is 2.88. The molecule has 1 aliphatic heterocycles. The maximum absolute atomic E-state index is 12.3. The van der Waals surface area contributed by atoms with Crippen LogP contribution in [-0.2, 0) is 14.8 Å². The Hall–Kier alpha value is -0.860. The molecule has 0 unspecified atom stereocenters. The highest BCUT2D eigenvalue weighted by molar-refractivity contribution is 7.89. The lowest BCUT2D eigenvalue weighted by atomic mass is 10.1. The monoisotopic (exact) mass is 380 g/mol. The molecule has 1 N–H and O–H groups in total. The van der Waals surface area contributed by atoms with Crippen molar-refractivity contribution in [2.75, 3.05) is 33.1 Å². The van der Waals surface area contributed by atoms with Gasteiger partial charge in [0, 0.05) is 25.6 Å². The van der Waals surface area contributed by atoms with Crippen molar-refractivity contribution in [3.05, 3.63) is 33.8 Å². The molecule has 1 heterocycles. The Morgan fingerprint density at radius 3 is 2.61 bits per heavy atom. The van der Waals surface area contributed by atoms with Gasteiger partial charge in [-0.1, -0.05) is 23.2 Å². The SMILES string of the molecule is CN(C)S(=O)(=O)C[C@@H]1COC[C@H]1NC(=O)c1ccc(Cl)c(Cl)c1. The van der Waals surface area contributed by atoms with Crippen molar-refractivity contribution < 1.29 is 17.9 Å². The minimum Gasteiger partial charge on any atom is -0.379 e. The molecule has 0 aliphatic carbocycles. The van der Waals surface area contributed by atoms with E-state index in [2.05, 4.69) is 5.32 Å². The van der Waals surface area contributed by atoms with Crippen LogP contribution in [0.1, 0.15) is 10.4 Å². The van der Waals surface area contributed by atoms with Gasteiger partial charge in [0.05, 0.1) is 35.1 Å². The second kappa shape index (κ2) is 7.36.